The van der Waals surface area contributed by atoms with E-state index in [2.05, 4.69) is 78.0 Å². The molecule has 0 radical (unpaired) electrons. The Labute approximate surface area is 228 Å². The van der Waals surface area contributed by atoms with Crippen LogP contribution in [0.1, 0.15) is 87.3 Å². The van der Waals surface area contributed by atoms with Gasteiger partial charge >= 0.3 is 5.91 Å². The molecule has 2 heterocycles. The van der Waals surface area contributed by atoms with E-state index in [1.165, 1.54) is 12.4 Å². The molecule has 1 aliphatic rings. The highest BCUT2D eigenvalue weighted by Gasteiger charge is 2.29. The molecule has 1 N–H and O–H groups in total. The highest BCUT2D eigenvalue weighted by Crippen LogP contribution is 2.18. The monoisotopic (exact) mass is 520 g/mol. The van der Waals surface area contributed by atoms with E-state index in [1.54, 1.807) is 6.92 Å². The molecular formula is C31H44N4O3. The topological polar surface area (TPSA) is 89.2 Å². The van der Waals surface area contributed by atoms with Crippen molar-refractivity contribution in [2.75, 3.05) is 13.1 Å². The number of nitrogens with one attached hydrogen (secondary N) is 1. The zero-order chi connectivity index (χ0) is 27.4. The summed E-state index contributed by atoms with van der Waals surface area (Å²) in [7, 11) is 0. The van der Waals surface area contributed by atoms with Crippen LogP contribution >= 0.6 is 0 Å². The van der Waals surface area contributed by atoms with Gasteiger partial charge in [0, 0.05) is 25.6 Å². The molecule has 7 heteroatoms. The average molecular weight is 521 g/mol. The molecule has 2 rings (SSSR count). The molecule has 2 amide bonds. The second kappa shape index (κ2) is 18.7. The average Bonchev–Trinajstić information content (AvgIpc) is 3.38. The first kappa shape index (κ1) is 30.7. The summed E-state index contributed by atoms with van der Waals surface area (Å²) in [5.74, 6) is -0.338. The lowest BCUT2D eigenvalue weighted by molar-refractivity contribution is -0.608. The Kier molecular flexibility index (Phi) is 15.1. The summed E-state index contributed by atoms with van der Waals surface area (Å²) in [6.45, 7) is 4.90. The summed E-state index contributed by atoms with van der Waals surface area (Å²) in [5.41, 5.74) is 0.511. The van der Waals surface area contributed by atoms with Gasteiger partial charge in [0.15, 0.2) is 0 Å². The van der Waals surface area contributed by atoms with E-state index < -0.39 is 5.91 Å². The zero-order valence-corrected chi connectivity index (χ0v) is 23.1. The fraction of sp³-hybridized carbons (Fsp3) is 0.484. The highest BCUT2D eigenvalue weighted by atomic mass is 16.5. The smallest absolute Gasteiger partial charge is 0.319 e. The summed E-state index contributed by atoms with van der Waals surface area (Å²) < 4.78 is 0.532. The first-order valence-corrected chi connectivity index (χ1v) is 13.9. The molecule has 0 spiro atoms. The lowest BCUT2D eigenvalue weighted by Crippen LogP contribution is -2.46. The second-order valence-electron chi connectivity index (χ2n) is 9.43. The molecule has 0 unspecified atom stereocenters. The van der Waals surface area contributed by atoms with Gasteiger partial charge in [-0.3, -0.25) is 9.59 Å². The molecule has 1 fully saturated rings. The number of amides is 2. The molecular weight excluding hydrogens is 476 g/mol. The summed E-state index contributed by atoms with van der Waals surface area (Å²) >= 11 is 0. The molecule has 206 valence electrons. The van der Waals surface area contributed by atoms with Crippen LogP contribution in [0.2, 0.25) is 0 Å². The van der Waals surface area contributed by atoms with E-state index >= 15 is 0 Å². The van der Waals surface area contributed by atoms with Crippen molar-refractivity contribution in [3.05, 3.63) is 89.7 Å². The van der Waals surface area contributed by atoms with Crippen molar-refractivity contribution in [1.29, 1.82) is 0 Å². The van der Waals surface area contributed by atoms with Gasteiger partial charge in [0.25, 0.3) is 5.69 Å². The van der Waals surface area contributed by atoms with Crippen LogP contribution in [0, 0.1) is 12.1 Å². The first-order chi connectivity index (χ1) is 18.5. The van der Waals surface area contributed by atoms with Crippen LogP contribution < -0.4 is 10.0 Å². The quantitative estimate of drug-likeness (QED) is 0.132. The fourth-order valence-corrected chi connectivity index (χ4v) is 4.21. The largest absolute Gasteiger partial charge is 0.618 e. The van der Waals surface area contributed by atoms with Crippen LogP contribution in [0.25, 0.3) is 0 Å². The van der Waals surface area contributed by atoms with Gasteiger partial charge in [0.2, 0.25) is 12.1 Å². The summed E-state index contributed by atoms with van der Waals surface area (Å²) in [6, 6.07) is -0.0290. The molecule has 0 aromatic carbocycles. The van der Waals surface area contributed by atoms with Crippen molar-refractivity contribution < 1.29 is 14.3 Å². The minimum absolute atomic E-state index is 0.0290. The number of carbonyl (C=O) groups excluding carboxylic acids is 2. The van der Waals surface area contributed by atoms with Crippen molar-refractivity contribution >= 4 is 11.8 Å². The van der Waals surface area contributed by atoms with Gasteiger partial charge in [-0.15, -0.1) is 0 Å². The standard InChI is InChI=1S/C31H44N4O3/c1-3-4-5-6-7-8-9-10-11-12-13-14-15-16-17-18-19-22-30(36)34-23-20-21-28(34)24-33-31(37)29-25-32-27(2)26-35(29)38/h4-5,7-8,10-11,13-14,16-17,25-26,28H,3,6,9,12,15,18-24H2,1-2H3,(H,33,37)/t28-/m1/s1. The van der Waals surface area contributed by atoms with E-state index in [9.17, 15) is 14.8 Å². The lowest BCUT2D eigenvalue weighted by Gasteiger charge is -2.25. The Morgan fingerprint density at radius 1 is 1.03 bits per heavy atom. The number of likely N-dealkylation sites (tertiary alicyclic amines) is 1. The molecule has 1 saturated heterocycles. The number of hydrogen-bond donors (Lipinski definition) is 1. The number of nitrogens with zero attached hydrogens (tertiary/aromatic N) is 3. The van der Waals surface area contributed by atoms with Crippen LogP contribution in [0.15, 0.2) is 73.2 Å². The van der Waals surface area contributed by atoms with Gasteiger partial charge < -0.3 is 15.4 Å². The summed E-state index contributed by atoms with van der Waals surface area (Å²) in [5, 5.41) is 14.7. The van der Waals surface area contributed by atoms with Crippen molar-refractivity contribution in [2.45, 2.75) is 84.1 Å². The van der Waals surface area contributed by atoms with E-state index in [-0.39, 0.29) is 17.6 Å². The second-order valence-corrected chi connectivity index (χ2v) is 9.43. The Morgan fingerprint density at radius 2 is 1.63 bits per heavy atom. The summed E-state index contributed by atoms with van der Waals surface area (Å²) in [6.07, 6.45) is 33.2. The third-order valence-electron chi connectivity index (χ3n) is 6.28. The maximum Gasteiger partial charge on any atom is 0.319 e. The molecule has 0 saturated carbocycles. The van der Waals surface area contributed by atoms with Gasteiger partial charge in [-0.05, 0) is 64.7 Å². The van der Waals surface area contributed by atoms with Crippen molar-refractivity contribution in [2.24, 2.45) is 0 Å². The zero-order valence-electron chi connectivity index (χ0n) is 23.1. The molecule has 38 heavy (non-hydrogen) atoms. The maximum absolute atomic E-state index is 12.7. The van der Waals surface area contributed by atoms with Gasteiger partial charge in [-0.25, -0.2) is 4.98 Å². The molecule has 1 aliphatic heterocycles. The number of rotatable bonds is 16. The van der Waals surface area contributed by atoms with Crippen LogP contribution in [-0.2, 0) is 4.79 Å². The Morgan fingerprint density at radius 3 is 2.24 bits per heavy atom. The molecule has 7 nitrogen and oxygen atoms in total. The van der Waals surface area contributed by atoms with Gasteiger partial charge in [0.05, 0.1) is 0 Å². The normalized spacial score (nSPS) is 16.3. The molecule has 1 aromatic rings. The van der Waals surface area contributed by atoms with E-state index in [1.807, 2.05) is 4.90 Å². The van der Waals surface area contributed by atoms with Crippen LogP contribution in [0.3, 0.4) is 0 Å². The molecule has 1 atom stereocenters. The maximum atomic E-state index is 12.7. The van der Waals surface area contributed by atoms with Crippen molar-refractivity contribution in [1.82, 2.24) is 15.2 Å². The number of allylic oxidation sites excluding steroid dienone is 10. The molecule has 0 aliphatic carbocycles. The SMILES string of the molecule is CCC=CCC=CCC=CCC=CCC=CCCCC(=O)N1CCC[C@@H]1CNC(=O)c1cnc(C)c[n+]1[O-]. The van der Waals surface area contributed by atoms with Crippen LogP contribution in [0.5, 0.6) is 0 Å². The van der Waals surface area contributed by atoms with Crippen molar-refractivity contribution in [3.63, 3.8) is 0 Å². The van der Waals surface area contributed by atoms with Crippen LogP contribution in [-0.4, -0.2) is 40.8 Å². The summed E-state index contributed by atoms with van der Waals surface area (Å²) in [4.78, 5) is 31.0. The number of aromatic nitrogens is 2. The Hall–Kier alpha value is -3.48. The number of aryl methyl sites for hydroxylation is 1. The van der Waals surface area contributed by atoms with E-state index in [4.69, 9.17) is 0 Å². The number of unbranched alkanes of at least 4 members (excludes halogenated alkanes) is 1. The predicted octanol–water partition coefficient (Wildman–Crippen LogP) is 5.67. The Balaban J connectivity index is 1.57. The predicted molar refractivity (Wildman–Crippen MR) is 153 cm³/mol. The first-order valence-electron chi connectivity index (χ1n) is 13.9. The van der Waals surface area contributed by atoms with Gasteiger partial charge in [-0.2, -0.15) is 4.73 Å². The van der Waals surface area contributed by atoms with Crippen molar-refractivity contribution in [3.8, 4) is 0 Å². The molecule has 1 aromatic heterocycles. The third kappa shape index (κ3) is 12.2. The van der Waals surface area contributed by atoms with Crippen LogP contribution in [0.4, 0.5) is 0 Å². The number of carbonyl (C=O) groups is 2. The Bertz CT molecular complexity index is 1010. The molecule has 0 bridgehead atoms. The van der Waals surface area contributed by atoms with E-state index in [0.29, 0.717) is 29.9 Å². The van der Waals surface area contributed by atoms with E-state index in [0.717, 1.165) is 57.8 Å². The number of hydrogen-bond acceptors (Lipinski definition) is 4. The minimum Gasteiger partial charge on any atom is -0.618 e. The third-order valence-corrected chi connectivity index (χ3v) is 6.28. The van der Waals surface area contributed by atoms with Gasteiger partial charge in [0.1, 0.15) is 11.9 Å². The lowest BCUT2D eigenvalue weighted by atomic mass is 10.1. The fourth-order valence-electron chi connectivity index (χ4n) is 4.21. The van der Waals surface area contributed by atoms with Gasteiger partial charge in [-0.1, -0.05) is 67.7 Å². The minimum atomic E-state index is -0.467. The highest BCUT2D eigenvalue weighted by molar-refractivity contribution is 5.90.